The smallest absolute Gasteiger partial charge is 0.263 e. The van der Waals surface area contributed by atoms with Crippen molar-refractivity contribution < 1.29 is 13.5 Å². The molecule has 0 bridgehead atoms. The zero-order valence-corrected chi connectivity index (χ0v) is 16.2. The van der Waals surface area contributed by atoms with Gasteiger partial charge in [0.1, 0.15) is 0 Å². The molecule has 0 atom stereocenters. The standard InChI is InChI=1S/C16H21ClN2O3S2/c1-4-16(20,5-2)9-12-10-23-15(18-12)19-24(21,22)14-8-6-7-13(17)11(14)3/h6-8,10,20H,4-5,9H2,1-3H3,(H,18,19). The van der Waals surface area contributed by atoms with Gasteiger partial charge in [-0.1, -0.05) is 31.5 Å². The summed E-state index contributed by atoms with van der Waals surface area (Å²) >= 11 is 7.20. The molecule has 1 aromatic carbocycles. The van der Waals surface area contributed by atoms with Crippen LogP contribution in [-0.2, 0) is 16.4 Å². The molecule has 8 heteroatoms. The maximum atomic E-state index is 12.5. The average Bonchev–Trinajstić information content (AvgIpc) is 2.95. The minimum absolute atomic E-state index is 0.130. The van der Waals surface area contributed by atoms with Crippen molar-refractivity contribution >= 4 is 38.1 Å². The fourth-order valence-corrected chi connectivity index (χ4v) is 4.78. The third-order valence-electron chi connectivity index (χ3n) is 4.11. The van der Waals surface area contributed by atoms with Crippen LogP contribution in [0.4, 0.5) is 5.13 Å². The Kier molecular flexibility index (Phi) is 5.91. The number of sulfonamides is 1. The molecule has 1 heterocycles. The van der Waals surface area contributed by atoms with E-state index in [2.05, 4.69) is 9.71 Å². The average molecular weight is 389 g/mol. The zero-order chi connectivity index (χ0) is 18.0. The molecule has 0 spiro atoms. The van der Waals surface area contributed by atoms with Gasteiger partial charge in [-0.25, -0.2) is 13.4 Å². The highest BCUT2D eigenvalue weighted by Gasteiger charge is 2.25. The molecule has 2 rings (SSSR count). The normalized spacial score (nSPS) is 12.4. The number of halogens is 1. The van der Waals surface area contributed by atoms with Crippen molar-refractivity contribution in [2.75, 3.05) is 4.72 Å². The van der Waals surface area contributed by atoms with E-state index in [9.17, 15) is 13.5 Å². The van der Waals surface area contributed by atoms with Gasteiger partial charge >= 0.3 is 0 Å². The van der Waals surface area contributed by atoms with Gasteiger partial charge in [0, 0.05) is 16.8 Å². The SMILES string of the molecule is CCC(O)(CC)Cc1csc(NS(=O)(=O)c2cccc(Cl)c2C)n1. The lowest BCUT2D eigenvalue weighted by molar-refractivity contribution is 0.0319. The molecule has 1 aromatic heterocycles. The van der Waals surface area contributed by atoms with Crippen LogP contribution in [0.25, 0.3) is 0 Å². The summed E-state index contributed by atoms with van der Waals surface area (Å²) in [6, 6.07) is 4.75. The third kappa shape index (κ3) is 4.27. The number of benzene rings is 1. The minimum Gasteiger partial charge on any atom is -0.390 e. The summed E-state index contributed by atoms with van der Waals surface area (Å²) in [6.07, 6.45) is 1.63. The van der Waals surface area contributed by atoms with Gasteiger partial charge < -0.3 is 5.11 Å². The Hall–Kier alpha value is -1.15. The van der Waals surface area contributed by atoms with Crippen LogP contribution in [0.2, 0.25) is 5.02 Å². The Morgan fingerprint density at radius 3 is 2.62 bits per heavy atom. The summed E-state index contributed by atoms with van der Waals surface area (Å²) in [7, 11) is -3.76. The van der Waals surface area contributed by atoms with E-state index in [-0.39, 0.29) is 10.0 Å². The Morgan fingerprint density at radius 2 is 2.00 bits per heavy atom. The summed E-state index contributed by atoms with van der Waals surface area (Å²) in [5.74, 6) is 0. The first-order valence-corrected chi connectivity index (χ1v) is 10.4. The van der Waals surface area contributed by atoms with Crippen molar-refractivity contribution in [3.05, 3.63) is 39.9 Å². The maximum absolute atomic E-state index is 12.5. The third-order valence-corrected chi connectivity index (χ3v) is 6.94. The highest BCUT2D eigenvalue weighted by molar-refractivity contribution is 7.93. The maximum Gasteiger partial charge on any atom is 0.263 e. The number of nitrogens with zero attached hydrogens (tertiary/aromatic N) is 1. The highest BCUT2D eigenvalue weighted by Crippen LogP contribution is 2.27. The molecular weight excluding hydrogens is 368 g/mol. The molecule has 0 radical (unpaired) electrons. The van der Waals surface area contributed by atoms with Crippen molar-refractivity contribution in [3.63, 3.8) is 0 Å². The fraction of sp³-hybridized carbons (Fsp3) is 0.438. The minimum atomic E-state index is -3.76. The molecule has 0 fully saturated rings. The van der Waals surface area contributed by atoms with E-state index in [4.69, 9.17) is 11.6 Å². The molecule has 0 saturated carbocycles. The number of rotatable bonds is 7. The first kappa shape index (κ1) is 19.2. The molecular formula is C16H21ClN2O3S2. The van der Waals surface area contributed by atoms with Crippen LogP contribution in [0.15, 0.2) is 28.5 Å². The van der Waals surface area contributed by atoms with Gasteiger partial charge in [-0.2, -0.15) is 0 Å². The van der Waals surface area contributed by atoms with Gasteiger partial charge in [0.25, 0.3) is 10.0 Å². The molecule has 24 heavy (non-hydrogen) atoms. The number of aromatic nitrogens is 1. The number of anilines is 1. The molecule has 0 saturated heterocycles. The monoisotopic (exact) mass is 388 g/mol. The van der Waals surface area contributed by atoms with Crippen molar-refractivity contribution in [2.45, 2.75) is 50.5 Å². The Labute approximate surface area is 151 Å². The van der Waals surface area contributed by atoms with Gasteiger partial charge in [-0.05, 0) is 37.5 Å². The Morgan fingerprint density at radius 1 is 1.33 bits per heavy atom. The molecule has 5 nitrogen and oxygen atoms in total. The predicted molar refractivity (Wildman–Crippen MR) is 98.3 cm³/mol. The molecule has 0 aliphatic rings. The topological polar surface area (TPSA) is 79.3 Å². The number of hydrogen-bond donors (Lipinski definition) is 2. The number of nitrogens with one attached hydrogen (secondary N) is 1. The van der Waals surface area contributed by atoms with Crippen molar-refractivity contribution in [3.8, 4) is 0 Å². The Bertz CT molecular complexity index is 814. The van der Waals surface area contributed by atoms with Crippen LogP contribution in [0, 0.1) is 6.92 Å². The summed E-state index contributed by atoms with van der Waals surface area (Å²) in [6.45, 7) is 5.50. The molecule has 2 N–H and O–H groups in total. The largest absolute Gasteiger partial charge is 0.390 e. The van der Waals surface area contributed by atoms with Gasteiger partial charge in [-0.15, -0.1) is 11.3 Å². The molecule has 0 amide bonds. The van der Waals surface area contributed by atoms with E-state index in [1.165, 1.54) is 17.4 Å². The van der Waals surface area contributed by atoms with Crippen LogP contribution >= 0.6 is 22.9 Å². The highest BCUT2D eigenvalue weighted by atomic mass is 35.5. The van der Waals surface area contributed by atoms with Crippen LogP contribution in [0.1, 0.15) is 37.9 Å². The van der Waals surface area contributed by atoms with Crippen LogP contribution in [-0.4, -0.2) is 24.1 Å². The second kappa shape index (κ2) is 7.39. The van der Waals surface area contributed by atoms with Gasteiger partial charge in [0.05, 0.1) is 16.2 Å². The van der Waals surface area contributed by atoms with Crippen molar-refractivity contribution in [2.24, 2.45) is 0 Å². The lowest BCUT2D eigenvalue weighted by Gasteiger charge is -2.23. The molecule has 2 aromatic rings. The van der Waals surface area contributed by atoms with Crippen LogP contribution < -0.4 is 4.72 Å². The van der Waals surface area contributed by atoms with Crippen LogP contribution in [0.5, 0.6) is 0 Å². The van der Waals surface area contributed by atoms with E-state index in [0.717, 1.165) is 0 Å². The van der Waals surface area contributed by atoms with E-state index in [1.807, 2.05) is 13.8 Å². The van der Waals surface area contributed by atoms with E-state index in [0.29, 0.717) is 35.5 Å². The summed E-state index contributed by atoms with van der Waals surface area (Å²) in [4.78, 5) is 4.42. The van der Waals surface area contributed by atoms with Crippen molar-refractivity contribution in [1.82, 2.24) is 4.98 Å². The summed E-state index contributed by atoms with van der Waals surface area (Å²) in [5.41, 5.74) is 0.356. The van der Waals surface area contributed by atoms with E-state index >= 15 is 0 Å². The lowest BCUT2D eigenvalue weighted by atomic mass is 9.92. The quantitative estimate of drug-likeness (QED) is 0.751. The second-order valence-electron chi connectivity index (χ2n) is 5.72. The van der Waals surface area contributed by atoms with Gasteiger partial charge in [-0.3, -0.25) is 4.72 Å². The molecule has 132 valence electrons. The van der Waals surface area contributed by atoms with Gasteiger partial charge in [0.2, 0.25) is 0 Å². The van der Waals surface area contributed by atoms with E-state index < -0.39 is 15.6 Å². The first-order chi connectivity index (χ1) is 11.2. The molecule has 0 unspecified atom stereocenters. The zero-order valence-electron chi connectivity index (χ0n) is 13.8. The summed E-state index contributed by atoms with van der Waals surface area (Å²) in [5, 5.41) is 12.8. The fourth-order valence-electron chi connectivity index (χ4n) is 2.32. The molecule has 0 aliphatic carbocycles. The first-order valence-electron chi connectivity index (χ1n) is 7.65. The predicted octanol–water partition coefficient (Wildman–Crippen LogP) is 4.00. The molecule has 0 aliphatic heterocycles. The van der Waals surface area contributed by atoms with Gasteiger partial charge in [0.15, 0.2) is 5.13 Å². The number of aliphatic hydroxyl groups is 1. The van der Waals surface area contributed by atoms with E-state index in [1.54, 1.807) is 24.4 Å². The lowest BCUT2D eigenvalue weighted by Crippen LogP contribution is -2.29. The number of thiazole rings is 1. The van der Waals surface area contributed by atoms with Crippen LogP contribution in [0.3, 0.4) is 0 Å². The summed E-state index contributed by atoms with van der Waals surface area (Å²) < 4.78 is 27.5. The second-order valence-corrected chi connectivity index (χ2v) is 8.64. The number of hydrogen-bond acceptors (Lipinski definition) is 5. The van der Waals surface area contributed by atoms with Crippen molar-refractivity contribution in [1.29, 1.82) is 0 Å². The Balaban J connectivity index is 2.21.